The van der Waals surface area contributed by atoms with Gasteiger partial charge in [-0.3, -0.25) is 0 Å². The van der Waals surface area contributed by atoms with Crippen molar-refractivity contribution < 1.29 is 29.4 Å². The van der Waals surface area contributed by atoms with E-state index in [1.807, 2.05) is 48.5 Å². The minimum atomic E-state index is -1.05. The maximum Gasteiger partial charge on any atom is 0.407 e. The number of hydrogen-bond acceptors (Lipinski definition) is 6. The molecule has 1 atom stereocenters. The maximum absolute atomic E-state index is 12.5. The number of rotatable bonds is 6. The van der Waals surface area contributed by atoms with Gasteiger partial charge in [-0.1, -0.05) is 62.4 Å². The molecule has 1 aliphatic rings. The van der Waals surface area contributed by atoms with E-state index in [9.17, 15) is 19.8 Å². The van der Waals surface area contributed by atoms with Crippen molar-refractivity contribution in [2.24, 2.45) is 5.92 Å². The third-order valence-corrected chi connectivity index (χ3v) is 5.52. The van der Waals surface area contributed by atoms with Gasteiger partial charge in [-0.25, -0.2) is 9.59 Å². The number of nitrogens with one attached hydrogen (secondary N) is 1. The molecule has 1 aliphatic carbocycles. The van der Waals surface area contributed by atoms with Crippen LogP contribution in [0.15, 0.2) is 60.7 Å². The Hall–Kier alpha value is -3.94. The minimum absolute atomic E-state index is 0.105. The summed E-state index contributed by atoms with van der Waals surface area (Å²) in [5.41, 5.74) is 4.40. The molecule has 0 saturated heterocycles. The Labute approximate surface area is 185 Å². The highest BCUT2D eigenvalue weighted by molar-refractivity contribution is 5.82. The molecule has 1 heterocycles. The molecular formula is C24H24N2O6. The average Bonchev–Trinajstić information content (AvgIpc) is 3.27. The second-order valence-corrected chi connectivity index (χ2v) is 7.95. The molecule has 0 radical (unpaired) electrons. The first-order chi connectivity index (χ1) is 15.4. The van der Waals surface area contributed by atoms with Gasteiger partial charge >= 0.3 is 12.1 Å². The van der Waals surface area contributed by atoms with Crippen molar-refractivity contribution in [3.8, 4) is 22.9 Å². The second kappa shape index (κ2) is 8.66. The number of ether oxygens (including phenoxy) is 1. The number of alkyl carbamates (subject to hydrolysis) is 1. The van der Waals surface area contributed by atoms with Crippen molar-refractivity contribution in [2.45, 2.75) is 25.8 Å². The van der Waals surface area contributed by atoms with E-state index in [0.717, 1.165) is 22.3 Å². The topological polar surface area (TPSA) is 110 Å². The van der Waals surface area contributed by atoms with E-state index in [1.54, 1.807) is 13.8 Å². The van der Waals surface area contributed by atoms with Crippen molar-refractivity contribution in [1.82, 2.24) is 10.0 Å². The van der Waals surface area contributed by atoms with Crippen LogP contribution < -0.4 is 10.2 Å². The number of carbonyl (C=O) groups excluding carboxylic acids is 2. The summed E-state index contributed by atoms with van der Waals surface area (Å²) in [6, 6.07) is 17.3. The summed E-state index contributed by atoms with van der Waals surface area (Å²) in [4.78, 5) is 30.1. The van der Waals surface area contributed by atoms with E-state index >= 15 is 0 Å². The smallest absolute Gasteiger partial charge is 0.407 e. The molecule has 3 aromatic rings. The molecule has 0 spiro atoms. The van der Waals surface area contributed by atoms with Crippen molar-refractivity contribution in [3.63, 3.8) is 0 Å². The predicted octanol–water partition coefficient (Wildman–Crippen LogP) is 3.42. The third kappa shape index (κ3) is 3.99. The zero-order valence-corrected chi connectivity index (χ0v) is 17.7. The van der Waals surface area contributed by atoms with Crippen LogP contribution in [0, 0.1) is 5.92 Å². The summed E-state index contributed by atoms with van der Waals surface area (Å²) in [6.07, 6.45) is -0.761. The van der Waals surface area contributed by atoms with E-state index in [0.29, 0.717) is 4.73 Å². The number of benzene rings is 2. The number of fused-ring (bicyclic) bond motifs is 3. The van der Waals surface area contributed by atoms with E-state index in [4.69, 9.17) is 9.57 Å². The van der Waals surface area contributed by atoms with Gasteiger partial charge in [0, 0.05) is 18.1 Å². The molecular weight excluding hydrogens is 412 g/mol. The van der Waals surface area contributed by atoms with Crippen LogP contribution in [0.2, 0.25) is 0 Å². The lowest BCUT2D eigenvalue weighted by atomic mass is 9.98. The van der Waals surface area contributed by atoms with Gasteiger partial charge in [-0.15, -0.1) is 4.73 Å². The molecule has 2 aromatic carbocycles. The Morgan fingerprint density at radius 2 is 1.47 bits per heavy atom. The largest absolute Gasteiger partial charge is 0.492 e. The van der Waals surface area contributed by atoms with Crippen LogP contribution in [-0.4, -0.2) is 39.7 Å². The lowest BCUT2D eigenvalue weighted by Crippen LogP contribution is -2.48. The summed E-state index contributed by atoms with van der Waals surface area (Å²) in [5.74, 6) is -2.18. The third-order valence-electron chi connectivity index (χ3n) is 5.52. The van der Waals surface area contributed by atoms with Crippen LogP contribution in [-0.2, 0) is 9.53 Å². The lowest BCUT2D eigenvalue weighted by Gasteiger charge is -2.21. The molecule has 0 unspecified atom stereocenters. The molecule has 1 amide bonds. The Morgan fingerprint density at radius 1 is 0.938 bits per heavy atom. The van der Waals surface area contributed by atoms with Crippen LogP contribution in [0.25, 0.3) is 11.1 Å². The number of carbonyl (C=O) groups is 2. The van der Waals surface area contributed by atoms with Gasteiger partial charge in [0.05, 0.1) is 0 Å². The van der Waals surface area contributed by atoms with Gasteiger partial charge in [0.1, 0.15) is 12.6 Å². The van der Waals surface area contributed by atoms with Crippen molar-refractivity contribution in [2.75, 3.05) is 6.61 Å². The maximum atomic E-state index is 12.5. The van der Waals surface area contributed by atoms with Gasteiger partial charge in [0.15, 0.2) is 0 Å². The van der Waals surface area contributed by atoms with E-state index < -0.39 is 29.9 Å². The monoisotopic (exact) mass is 436 g/mol. The van der Waals surface area contributed by atoms with Gasteiger partial charge in [-0.05, 0) is 28.2 Å². The van der Waals surface area contributed by atoms with Crippen molar-refractivity contribution in [1.29, 1.82) is 0 Å². The van der Waals surface area contributed by atoms with Gasteiger partial charge in [0.2, 0.25) is 11.8 Å². The van der Waals surface area contributed by atoms with Crippen molar-refractivity contribution >= 4 is 12.1 Å². The molecule has 166 valence electrons. The fourth-order valence-electron chi connectivity index (χ4n) is 3.91. The highest BCUT2D eigenvalue weighted by atomic mass is 16.7. The van der Waals surface area contributed by atoms with Gasteiger partial charge in [0.25, 0.3) is 0 Å². The van der Waals surface area contributed by atoms with Crippen LogP contribution in [0.3, 0.4) is 0 Å². The summed E-state index contributed by atoms with van der Waals surface area (Å²) >= 11 is 0. The molecule has 32 heavy (non-hydrogen) atoms. The molecule has 0 fully saturated rings. The summed E-state index contributed by atoms with van der Waals surface area (Å²) < 4.78 is 6.07. The molecule has 0 aliphatic heterocycles. The van der Waals surface area contributed by atoms with Crippen LogP contribution in [0.5, 0.6) is 11.8 Å². The first-order valence-corrected chi connectivity index (χ1v) is 10.3. The Morgan fingerprint density at radius 3 is 2.00 bits per heavy atom. The number of nitrogens with zero attached hydrogens (tertiary/aromatic N) is 1. The summed E-state index contributed by atoms with van der Waals surface area (Å²) in [6.45, 7) is 3.56. The average molecular weight is 436 g/mol. The molecule has 0 saturated carbocycles. The normalized spacial score (nSPS) is 13.3. The number of hydrogen-bond donors (Lipinski definition) is 3. The highest BCUT2D eigenvalue weighted by Crippen LogP contribution is 2.44. The SMILES string of the molecule is CC(C)[C@H](NC(=O)OCC1c2ccccc2-c2ccccc21)C(=O)On1c(O)ccc1O. The number of aromatic hydroxyl groups is 2. The lowest BCUT2D eigenvalue weighted by molar-refractivity contribution is -0.149. The van der Waals surface area contributed by atoms with Gasteiger partial charge in [-0.2, -0.15) is 0 Å². The Kier molecular flexibility index (Phi) is 5.77. The number of amides is 1. The second-order valence-electron chi connectivity index (χ2n) is 7.95. The minimum Gasteiger partial charge on any atom is -0.492 e. The highest BCUT2D eigenvalue weighted by Gasteiger charge is 2.31. The van der Waals surface area contributed by atoms with E-state index in [1.165, 1.54) is 12.1 Å². The zero-order chi connectivity index (χ0) is 22.8. The Balaban J connectivity index is 1.43. The van der Waals surface area contributed by atoms with E-state index in [2.05, 4.69) is 5.32 Å². The first-order valence-electron chi connectivity index (χ1n) is 10.3. The fourth-order valence-corrected chi connectivity index (χ4v) is 3.91. The quantitative estimate of drug-likeness (QED) is 0.546. The number of aromatic nitrogens is 1. The van der Waals surface area contributed by atoms with Crippen LogP contribution >= 0.6 is 0 Å². The molecule has 1 aromatic heterocycles. The molecule has 8 nitrogen and oxygen atoms in total. The van der Waals surface area contributed by atoms with Gasteiger partial charge < -0.3 is 25.1 Å². The standard InChI is InChI=1S/C24H24N2O6/c1-14(2)22(23(29)32-26-20(27)11-12-21(26)28)25-24(30)31-13-19-17-9-5-3-7-15(17)16-8-4-6-10-18(16)19/h3-12,14,19,22,27-28H,13H2,1-2H3,(H,25,30)/t22-/m0/s1. The molecule has 3 N–H and O–H groups in total. The molecule has 0 bridgehead atoms. The van der Waals surface area contributed by atoms with E-state index in [-0.39, 0.29) is 18.4 Å². The first kappa shape index (κ1) is 21.3. The van der Waals surface area contributed by atoms with Crippen molar-refractivity contribution in [3.05, 3.63) is 71.8 Å². The fraction of sp³-hybridized carbons (Fsp3) is 0.250. The van der Waals surface area contributed by atoms with Crippen LogP contribution in [0.1, 0.15) is 30.9 Å². The summed E-state index contributed by atoms with van der Waals surface area (Å²) in [7, 11) is 0. The zero-order valence-electron chi connectivity index (χ0n) is 17.7. The predicted molar refractivity (Wildman–Crippen MR) is 116 cm³/mol. The molecule has 8 heteroatoms. The van der Waals surface area contributed by atoms with Crippen LogP contribution in [0.4, 0.5) is 4.79 Å². The summed E-state index contributed by atoms with van der Waals surface area (Å²) in [5, 5.41) is 21.9. The molecule has 4 rings (SSSR count). The Bertz CT molecular complexity index is 1090.